The Morgan fingerprint density at radius 3 is 2.70 bits per heavy atom. The molecule has 2 unspecified atom stereocenters. The maximum atomic E-state index is 14.0. The van der Waals surface area contributed by atoms with Crippen molar-refractivity contribution in [3.63, 3.8) is 0 Å². The van der Waals surface area contributed by atoms with Crippen LogP contribution in [0.1, 0.15) is 37.4 Å². The van der Waals surface area contributed by atoms with Crippen LogP contribution in [0, 0.1) is 17.7 Å². The summed E-state index contributed by atoms with van der Waals surface area (Å²) in [6.07, 6.45) is -2.18. The van der Waals surface area contributed by atoms with Gasteiger partial charge in [0.05, 0.1) is 6.54 Å². The van der Waals surface area contributed by atoms with E-state index in [1.807, 2.05) is 13.8 Å². The molecule has 1 aliphatic rings. The molecular weight excluding hydrogens is 305 g/mol. The second-order valence-corrected chi connectivity index (χ2v) is 6.47. The zero-order chi connectivity index (χ0) is 16.7. The van der Waals surface area contributed by atoms with Crippen molar-refractivity contribution in [3.05, 3.63) is 35.3 Å². The van der Waals surface area contributed by atoms with E-state index in [1.165, 1.54) is 6.07 Å². The molecule has 0 radical (unpaired) electrons. The molecule has 0 aliphatic heterocycles. The first-order valence-electron chi connectivity index (χ1n) is 7.73. The van der Waals surface area contributed by atoms with Crippen molar-refractivity contribution in [1.29, 1.82) is 0 Å². The maximum Gasteiger partial charge on any atom is 0.242 e. The molecule has 6 heteroatoms. The summed E-state index contributed by atoms with van der Waals surface area (Å²) in [6.45, 7) is 4.06. The molecule has 1 aromatic heterocycles. The van der Waals surface area contributed by atoms with Crippen LogP contribution in [0.25, 0.3) is 10.9 Å². The Balaban J connectivity index is 1.68. The van der Waals surface area contributed by atoms with Crippen molar-refractivity contribution < 1.29 is 18.0 Å². The fraction of sp³-hybridized carbons (Fsp3) is 0.471. The van der Waals surface area contributed by atoms with Gasteiger partial charge in [-0.1, -0.05) is 13.8 Å². The Labute approximate surface area is 132 Å². The van der Waals surface area contributed by atoms with E-state index < -0.39 is 18.3 Å². The molecule has 3 rings (SSSR count). The molecule has 2 N–H and O–H groups in total. The quantitative estimate of drug-likeness (QED) is 0.859. The standard InChI is InChI=1S/C17H19F3N2O/c1-8(2)11-6-15-9(4-14(11)18)3-10(22-15)7-21-17(23)13-5-12(13)16(19)20/h3-4,6,8,12-13,16,22H,5,7H2,1-2H3,(H,21,23). The fourth-order valence-corrected chi connectivity index (χ4v) is 2.88. The van der Waals surface area contributed by atoms with Gasteiger partial charge in [0.25, 0.3) is 0 Å². The summed E-state index contributed by atoms with van der Waals surface area (Å²) in [4.78, 5) is 14.9. The van der Waals surface area contributed by atoms with E-state index in [4.69, 9.17) is 0 Å². The molecule has 1 saturated carbocycles. The molecule has 1 aliphatic carbocycles. The molecule has 1 fully saturated rings. The van der Waals surface area contributed by atoms with Gasteiger partial charge in [-0.15, -0.1) is 0 Å². The minimum absolute atomic E-state index is 0.0759. The van der Waals surface area contributed by atoms with E-state index in [0.717, 1.165) is 16.6 Å². The SMILES string of the molecule is CC(C)c1cc2[nH]c(CNC(=O)C3CC3C(F)F)cc2cc1F. The minimum Gasteiger partial charge on any atom is -0.357 e. The Kier molecular flexibility index (Phi) is 4.08. The lowest BCUT2D eigenvalue weighted by atomic mass is 10.0. The number of halogens is 3. The maximum absolute atomic E-state index is 14.0. The van der Waals surface area contributed by atoms with E-state index in [0.29, 0.717) is 5.56 Å². The summed E-state index contributed by atoms with van der Waals surface area (Å²) in [5.41, 5.74) is 2.16. The van der Waals surface area contributed by atoms with Gasteiger partial charge in [-0.2, -0.15) is 0 Å². The van der Waals surface area contributed by atoms with Crippen molar-refractivity contribution >= 4 is 16.8 Å². The highest BCUT2D eigenvalue weighted by atomic mass is 19.3. The van der Waals surface area contributed by atoms with Crippen molar-refractivity contribution in [2.24, 2.45) is 11.8 Å². The lowest BCUT2D eigenvalue weighted by Gasteiger charge is -2.06. The van der Waals surface area contributed by atoms with Gasteiger partial charge in [0.15, 0.2) is 0 Å². The number of nitrogens with one attached hydrogen (secondary N) is 2. The van der Waals surface area contributed by atoms with Gasteiger partial charge in [-0.05, 0) is 36.1 Å². The Bertz CT molecular complexity index is 739. The number of amides is 1. The monoisotopic (exact) mass is 324 g/mol. The normalized spacial score (nSPS) is 20.5. The number of benzene rings is 1. The number of hydrogen-bond donors (Lipinski definition) is 2. The van der Waals surface area contributed by atoms with Crippen LogP contribution in [0.2, 0.25) is 0 Å². The first-order valence-corrected chi connectivity index (χ1v) is 7.73. The first-order chi connectivity index (χ1) is 10.9. The average Bonchev–Trinajstić information content (AvgIpc) is 3.19. The molecule has 1 aromatic carbocycles. The van der Waals surface area contributed by atoms with Gasteiger partial charge in [-0.3, -0.25) is 4.79 Å². The van der Waals surface area contributed by atoms with Crippen LogP contribution in [0.4, 0.5) is 13.2 Å². The van der Waals surface area contributed by atoms with Crippen LogP contribution in [-0.4, -0.2) is 17.3 Å². The largest absolute Gasteiger partial charge is 0.357 e. The van der Waals surface area contributed by atoms with Crippen LogP contribution < -0.4 is 5.32 Å². The van der Waals surface area contributed by atoms with Crippen LogP contribution in [0.15, 0.2) is 18.2 Å². The van der Waals surface area contributed by atoms with Crippen LogP contribution >= 0.6 is 0 Å². The summed E-state index contributed by atoms with van der Waals surface area (Å²) in [5, 5.41) is 3.39. The smallest absolute Gasteiger partial charge is 0.242 e. The minimum atomic E-state index is -2.43. The summed E-state index contributed by atoms with van der Waals surface area (Å²) in [7, 11) is 0. The fourth-order valence-electron chi connectivity index (χ4n) is 2.88. The summed E-state index contributed by atoms with van der Waals surface area (Å²) < 4.78 is 38.9. The number of fused-ring (bicyclic) bond motifs is 1. The molecule has 2 aromatic rings. The molecule has 0 bridgehead atoms. The van der Waals surface area contributed by atoms with Gasteiger partial charge >= 0.3 is 0 Å². The predicted octanol–water partition coefficient (Wildman–Crippen LogP) is 3.95. The summed E-state index contributed by atoms with van der Waals surface area (Å²) in [5.74, 6) is -1.90. The zero-order valence-electron chi connectivity index (χ0n) is 13.0. The summed E-state index contributed by atoms with van der Waals surface area (Å²) >= 11 is 0. The number of H-pyrrole nitrogens is 1. The van der Waals surface area contributed by atoms with Crippen molar-refractivity contribution in [2.75, 3.05) is 0 Å². The van der Waals surface area contributed by atoms with Gasteiger partial charge in [0, 0.05) is 28.4 Å². The van der Waals surface area contributed by atoms with Crippen molar-refractivity contribution in [2.45, 2.75) is 39.2 Å². The molecule has 2 atom stereocenters. The van der Waals surface area contributed by atoms with Gasteiger partial charge in [0.2, 0.25) is 12.3 Å². The van der Waals surface area contributed by atoms with Crippen molar-refractivity contribution in [1.82, 2.24) is 10.3 Å². The molecule has 1 amide bonds. The lowest BCUT2D eigenvalue weighted by Crippen LogP contribution is -2.25. The number of aromatic nitrogens is 1. The number of alkyl halides is 2. The Hall–Kier alpha value is -1.98. The Morgan fingerprint density at radius 2 is 2.09 bits per heavy atom. The zero-order valence-corrected chi connectivity index (χ0v) is 13.0. The van der Waals surface area contributed by atoms with E-state index >= 15 is 0 Å². The third kappa shape index (κ3) is 3.21. The molecule has 23 heavy (non-hydrogen) atoms. The second kappa shape index (κ2) is 5.91. The third-order valence-electron chi connectivity index (χ3n) is 4.37. The number of carbonyl (C=O) groups excluding carboxylic acids is 1. The van der Waals surface area contributed by atoms with E-state index in [2.05, 4.69) is 10.3 Å². The van der Waals surface area contributed by atoms with Gasteiger partial charge in [0.1, 0.15) is 5.82 Å². The highest BCUT2D eigenvalue weighted by molar-refractivity contribution is 5.83. The lowest BCUT2D eigenvalue weighted by molar-refractivity contribution is -0.123. The third-order valence-corrected chi connectivity index (χ3v) is 4.37. The highest BCUT2D eigenvalue weighted by Gasteiger charge is 2.48. The topological polar surface area (TPSA) is 44.9 Å². The van der Waals surface area contributed by atoms with E-state index in [-0.39, 0.29) is 30.6 Å². The molecule has 3 nitrogen and oxygen atoms in total. The number of carbonyl (C=O) groups is 1. The molecule has 0 saturated heterocycles. The number of hydrogen-bond acceptors (Lipinski definition) is 1. The second-order valence-electron chi connectivity index (χ2n) is 6.47. The molecule has 124 valence electrons. The van der Waals surface area contributed by atoms with Crippen LogP contribution in [0.5, 0.6) is 0 Å². The average molecular weight is 324 g/mol. The van der Waals surface area contributed by atoms with Crippen LogP contribution in [0.3, 0.4) is 0 Å². The highest BCUT2D eigenvalue weighted by Crippen LogP contribution is 2.43. The van der Waals surface area contributed by atoms with Crippen molar-refractivity contribution in [3.8, 4) is 0 Å². The van der Waals surface area contributed by atoms with Crippen LogP contribution in [-0.2, 0) is 11.3 Å². The molecule has 0 spiro atoms. The Morgan fingerprint density at radius 1 is 1.35 bits per heavy atom. The number of rotatable bonds is 5. The first kappa shape index (κ1) is 15.9. The number of aromatic amines is 1. The summed E-state index contributed by atoms with van der Waals surface area (Å²) in [6, 6.07) is 5.01. The molecular formula is C17H19F3N2O. The van der Waals surface area contributed by atoms with E-state index in [9.17, 15) is 18.0 Å². The molecule has 1 heterocycles. The van der Waals surface area contributed by atoms with E-state index in [1.54, 1.807) is 12.1 Å². The predicted molar refractivity (Wildman–Crippen MR) is 81.8 cm³/mol. The van der Waals surface area contributed by atoms with Gasteiger partial charge < -0.3 is 10.3 Å². The van der Waals surface area contributed by atoms with Gasteiger partial charge in [-0.25, -0.2) is 13.2 Å².